The highest BCUT2D eigenvalue weighted by Crippen LogP contribution is 2.46. The van der Waals surface area contributed by atoms with Crippen molar-refractivity contribution in [2.75, 3.05) is 24.0 Å². The first kappa shape index (κ1) is 32.8. The number of hydrogen-bond acceptors (Lipinski definition) is 8. The maximum absolute atomic E-state index is 13.9. The van der Waals surface area contributed by atoms with Crippen molar-refractivity contribution in [1.82, 2.24) is 0 Å². The molecule has 2 amide bonds. The molecule has 4 aromatic rings. The van der Waals surface area contributed by atoms with Crippen molar-refractivity contribution in [2.45, 2.75) is 69.3 Å². The van der Waals surface area contributed by atoms with Gasteiger partial charge in [0.1, 0.15) is 35.8 Å². The van der Waals surface area contributed by atoms with Gasteiger partial charge in [-0.05, 0) is 73.5 Å². The van der Waals surface area contributed by atoms with Crippen LogP contribution in [0.15, 0.2) is 109 Å². The first-order valence-corrected chi connectivity index (χ1v) is 16.4. The van der Waals surface area contributed by atoms with Crippen molar-refractivity contribution in [3.8, 4) is 11.5 Å². The predicted octanol–water partition coefficient (Wildman–Crippen LogP) is 5.53. The van der Waals surface area contributed by atoms with Gasteiger partial charge >= 0.3 is 0 Å². The van der Waals surface area contributed by atoms with E-state index in [1.807, 2.05) is 123 Å². The molecule has 0 bridgehead atoms. The van der Waals surface area contributed by atoms with Gasteiger partial charge in [0.25, 0.3) is 11.8 Å². The van der Waals surface area contributed by atoms with Gasteiger partial charge in [0, 0.05) is 11.4 Å². The molecule has 3 saturated heterocycles. The molecule has 254 valence electrons. The lowest BCUT2D eigenvalue weighted by molar-refractivity contribution is -0.169. The highest BCUT2D eigenvalue weighted by Gasteiger charge is 2.65. The van der Waals surface area contributed by atoms with E-state index in [1.54, 1.807) is 24.0 Å². The number of methoxy groups -OCH3 is 2. The van der Waals surface area contributed by atoms with E-state index >= 15 is 0 Å². The number of carbonyl (C=O) groups is 2. The molecule has 49 heavy (non-hydrogen) atoms. The Morgan fingerprint density at radius 2 is 0.939 bits per heavy atom. The Kier molecular flexibility index (Phi) is 9.13. The van der Waals surface area contributed by atoms with Gasteiger partial charge in [0.05, 0.1) is 27.4 Å². The summed E-state index contributed by atoms with van der Waals surface area (Å²) >= 11 is 0. The third kappa shape index (κ3) is 6.40. The van der Waals surface area contributed by atoms with E-state index in [4.69, 9.17) is 28.4 Å². The van der Waals surface area contributed by atoms with E-state index in [2.05, 4.69) is 0 Å². The molecule has 4 aromatic carbocycles. The molecular weight excluding hydrogens is 624 g/mol. The van der Waals surface area contributed by atoms with Gasteiger partial charge in [-0.2, -0.15) is 0 Å². The van der Waals surface area contributed by atoms with Crippen molar-refractivity contribution in [3.63, 3.8) is 0 Å². The van der Waals surface area contributed by atoms with Crippen LogP contribution in [-0.2, 0) is 41.8 Å². The Balaban J connectivity index is 1.24. The zero-order chi connectivity index (χ0) is 34.1. The van der Waals surface area contributed by atoms with Gasteiger partial charge in [0.2, 0.25) is 0 Å². The first-order valence-electron chi connectivity index (χ1n) is 16.4. The number of anilines is 2. The van der Waals surface area contributed by atoms with Crippen LogP contribution in [0.2, 0.25) is 0 Å². The minimum Gasteiger partial charge on any atom is -0.497 e. The molecule has 3 aliphatic heterocycles. The fourth-order valence-electron chi connectivity index (χ4n) is 6.90. The van der Waals surface area contributed by atoms with Gasteiger partial charge in [0.15, 0.2) is 18.0 Å². The second kappa shape index (κ2) is 13.6. The first-order chi connectivity index (χ1) is 23.8. The van der Waals surface area contributed by atoms with Crippen LogP contribution >= 0.6 is 0 Å². The number of hydrogen-bond donors (Lipinski definition) is 0. The van der Waals surface area contributed by atoms with Crippen LogP contribution in [0.3, 0.4) is 0 Å². The third-order valence-electron chi connectivity index (χ3n) is 9.26. The Bertz CT molecular complexity index is 1620. The Hall–Kier alpha value is -4.74. The zero-order valence-electron chi connectivity index (χ0n) is 27.9. The monoisotopic (exact) mass is 664 g/mol. The van der Waals surface area contributed by atoms with Gasteiger partial charge in [-0.3, -0.25) is 9.59 Å². The fraction of sp³-hybridized carbons (Fsp3) is 0.333. The van der Waals surface area contributed by atoms with Crippen molar-refractivity contribution in [2.24, 2.45) is 0 Å². The summed E-state index contributed by atoms with van der Waals surface area (Å²) < 4.78 is 36.8. The summed E-state index contributed by atoms with van der Waals surface area (Å²) in [5, 5.41) is 0. The Labute approximate surface area is 286 Å². The number of nitrogens with zero attached hydrogens (tertiary/aromatic N) is 2. The minimum absolute atomic E-state index is 0.188. The predicted molar refractivity (Wildman–Crippen MR) is 182 cm³/mol. The number of benzene rings is 4. The fourth-order valence-corrected chi connectivity index (χ4v) is 6.90. The second-order valence-corrected chi connectivity index (χ2v) is 12.8. The molecule has 0 aromatic heterocycles. The Morgan fingerprint density at radius 3 is 1.29 bits per heavy atom. The maximum Gasteiger partial charge on any atom is 0.258 e. The van der Waals surface area contributed by atoms with E-state index in [0.29, 0.717) is 22.9 Å². The second-order valence-electron chi connectivity index (χ2n) is 12.8. The molecule has 6 atom stereocenters. The molecule has 3 aliphatic rings. The van der Waals surface area contributed by atoms with E-state index in [1.165, 1.54) is 0 Å². The number of ether oxygens (including phenoxy) is 6. The van der Waals surface area contributed by atoms with Crippen LogP contribution in [0.5, 0.6) is 11.5 Å². The maximum atomic E-state index is 13.9. The summed E-state index contributed by atoms with van der Waals surface area (Å²) in [6, 6.07) is 32.9. The molecule has 0 aliphatic carbocycles. The molecule has 0 unspecified atom stereocenters. The molecular formula is C39H40N2O8. The molecule has 0 spiro atoms. The number of β-lactam (4-membered cyclic amide) rings is 2. The molecule has 0 N–H and O–H groups in total. The number of amides is 2. The quantitative estimate of drug-likeness (QED) is 0.183. The summed E-state index contributed by atoms with van der Waals surface area (Å²) in [6.45, 7) is 4.18. The van der Waals surface area contributed by atoms with Crippen molar-refractivity contribution >= 4 is 23.2 Å². The molecule has 3 heterocycles. The highest BCUT2D eigenvalue weighted by molar-refractivity contribution is 6.06. The number of rotatable bonds is 12. The van der Waals surface area contributed by atoms with Crippen LogP contribution in [0.4, 0.5) is 11.4 Å². The molecule has 3 fully saturated rings. The summed E-state index contributed by atoms with van der Waals surface area (Å²) in [7, 11) is 3.20. The topological polar surface area (TPSA) is 96.0 Å². The molecule has 10 nitrogen and oxygen atoms in total. The summed E-state index contributed by atoms with van der Waals surface area (Å²) in [6.07, 6.45) is -3.00. The van der Waals surface area contributed by atoms with Crippen LogP contribution < -0.4 is 19.3 Å². The van der Waals surface area contributed by atoms with E-state index in [0.717, 1.165) is 11.1 Å². The molecule has 0 saturated carbocycles. The lowest BCUT2D eigenvalue weighted by Crippen LogP contribution is -2.76. The van der Waals surface area contributed by atoms with Crippen LogP contribution in [0.25, 0.3) is 0 Å². The third-order valence-corrected chi connectivity index (χ3v) is 9.26. The van der Waals surface area contributed by atoms with E-state index in [9.17, 15) is 9.59 Å². The average molecular weight is 665 g/mol. The van der Waals surface area contributed by atoms with Crippen molar-refractivity contribution in [1.29, 1.82) is 0 Å². The molecule has 0 radical (unpaired) electrons. The highest BCUT2D eigenvalue weighted by atomic mass is 16.8. The summed E-state index contributed by atoms with van der Waals surface area (Å²) in [5.41, 5.74) is 3.25. The summed E-state index contributed by atoms with van der Waals surface area (Å²) in [4.78, 5) is 31.2. The lowest BCUT2D eigenvalue weighted by Gasteiger charge is -2.53. The Morgan fingerprint density at radius 1 is 0.571 bits per heavy atom. The van der Waals surface area contributed by atoms with Gasteiger partial charge in [-0.1, -0.05) is 60.7 Å². The normalized spacial score (nSPS) is 25.9. The SMILES string of the molecule is COc1ccc(N2C(=O)[C@H](OCc3ccccc3)[C@@H]2[C@@H]2OC(C)(C)O[C@H]2[C@H]2[C@@H](OCc3ccccc3)C(=O)N2c2ccc(OC)cc2)cc1. The van der Waals surface area contributed by atoms with Gasteiger partial charge in [-0.25, -0.2) is 0 Å². The van der Waals surface area contributed by atoms with Crippen LogP contribution in [0.1, 0.15) is 25.0 Å². The van der Waals surface area contributed by atoms with Crippen molar-refractivity contribution < 1.29 is 38.0 Å². The van der Waals surface area contributed by atoms with Crippen LogP contribution in [-0.4, -0.2) is 68.3 Å². The van der Waals surface area contributed by atoms with Gasteiger partial charge in [-0.15, -0.1) is 0 Å². The van der Waals surface area contributed by atoms with Crippen LogP contribution in [0, 0.1) is 0 Å². The number of carbonyl (C=O) groups excluding carboxylic acids is 2. The smallest absolute Gasteiger partial charge is 0.258 e. The standard InChI is InChI=1S/C39H40N2O8/c1-39(2)48-33(31-35(46-23-25-11-7-5-8-12-25)37(42)40(31)27-15-19-29(44-3)20-16-27)34(49-39)32-36(47-24-26-13-9-6-10-14-26)38(43)41(32)28-17-21-30(45-4)22-18-28/h5-22,31-36H,23-24H2,1-4H3/t31-,32-,33-,34-,35+,36+/m0/s1. The largest absolute Gasteiger partial charge is 0.497 e. The van der Waals surface area contributed by atoms with Gasteiger partial charge < -0.3 is 38.2 Å². The summed E-state index contributed by atoms with van der Waals surface area (Å²) in [5.74, 6) is -0.0618. The minimum atomic E-state index is -1.03. The lowest BCUT2D eigenvalue weighted by atomic mass is 9.81. The van der Waals surface area contributed by atoms with Crippen molar-refractivity contribution in [3.05, 3.63) is 120 Å². The van der Waals surface area contributed by atoms with E-state index < -0.39 is 42.3 Å². The van der Waals surface area contributed by atoms with E-state index in [-0.39, 0.29) is 25.0 Å². The molecule has 7 rings (SSSR count). The molecule has 10 heteroatoms. The zero-order valence-corrected chi connectivity index (χ0v) is 27.9. The average Bonchev–Trinajstić information content (AvgIpc) is 3.44.